The molecule has 1 aromatic carbocycles. The normalized spacial score (nSPS) is 10.8. The molecule has 0 spiro atoms. The van der Waals surface area contributed by atoms with Gasteiger partial charge < -0.3 is 19.0 Å². The van der Waals surface area contributed by atoms with Crippen LogP contribution >= 0.6 is 23.1 Å². The maximum atomic E-state index is 12.7. The first-order valence-electron chi connectivity index (χ1n) is 9.67. The van der Waals surface area contributed by atoms with Crippen LogP contribution in [0.25, 0.3) is 10.8 Å². The van der Waals surface area contributed by atoms with Gasteiger partial charge in [0.1, 0.15) is 18.1 Å². The molecule has 0 unspecified atom stereocenters. The zero-order valence-corrected chi connectivity index (χ0v) is 19.0. The Hall–Kier alpha value is -3.37. The van der Waals surface area contributed by atoms with E-state index in [9.17, 15) is 9.59 Å². The maximum absolute atomic E-state index is 12.7. The highest BCUT2D eigenvalue weighted by Crippen LogP contribution is 2.26. The third-order valence-corrected chi connectivity index (χ3v) is 6.41. The number of aromatic nitrogens is 3. The Bertz CT molecular complexity index is 1230. The molecule has 0 atom stereocenters. The minimum atomic E-state index is -0.558. The standard InChI is InChI=1S/C22H20N4O4S2/c1-14-17(25-20(30-14)18-8-5-11-31-18)12-29-21(28)15-6-3-4-7-16(15)24-19(27)13-32-22-23-9-10-26(22)2/h3-11H,12-13H2,1-2H3,(H,24,27). The van der Waals surface area contributed by atoms with Gasteiger partial charge in [-0.2, -0.15) is 0 Å². The van der Waals surface area contributed by atoms with E-state index in [0.717, 1.165) is 10.0 Å². The molecular weight excluding hydrogens is 448 g/mol. The molecule has 32 heavy (non-hydrogen) atoms. The number of thioether (sulfide) groups is 1. The zero-order chi connectivity index (χ0) is 22.5. The van der Waals surface area contributed by atoms with Gasteiger partial charge in [0, 0.05) is 19.4 Å². The highest BCUT2D eigenvalue weighted by molar-refractivity contribution is 7.99. The first-order chi connectivity index (χ1) is 15.5. The lowest BCUT2D eigenvalue weighted by Gasteiger charge is -2.10. The van der Waals surface area contributed by atoms with Crippen molar-refractivity contribution in [2.24, 2.45) is 7.05 Å². The SMILES string of the molecule is Cc1oc(-c2cccs2)nc1COC(=O)c1ccccc1NC(=O)CSc1nccn1C. The number of para-hydroxylation sites is 1. The van der Waals surface area contributed by atoms with Gasteiger partial charge in [0.15, 0.2) is 5.16 Å². The molecule has 10 heteroatoms. The summed E-state index contributed by atoms with van der Waals surface area (Å²) in [6, 6.07) is 10.6. The fourth-order valence-electron chi connectivity index (χ4n) is 2.86. The number of imidazole rings is 1. The highest BCUT2D eigenvalue weighted by atomic mass is 32.2. The monoisotopic (exact) mass is 468 g/mol. The molecule has 8 nitrogen and oxygen atoms in total. The lowest BCUT2D eigenvalue weighted by Crippen LogP contribution is -2.17. The van der Waals surface area contributed by atoms with E-state index < -0.39 is 5.97 Å². The predicted molar refractivity (Wildman–Crippen MR) is 123 cm³/mol. The number of amides is 1. The van der Waals surface area contributed by atoms with E-state index in [1.54, 1.807) is 37.4 Å². The quantitative estimate of drug-likeness (QED) is 0.299. The second kappa shape index (κ2) is 9.84. The Kier molecular flexibility index (Phi) is 6.72. The first kappa shape index (κ1) is 21.8. The number of hydrogen-bond donors (Lipinski definition) is 1. The maximum Gasteiger partial charge on any atom is 0.340 e. The fraction of sp³-hybridized carbons (Fsp3) is 0.182. The summed E-state index contributed by atoms with van der Waals surface area (Å²) in [7, 11) is 1.86. The Labute approximate surface area is 192 Å². The van der Waals surface area contributed by atoms with Gasteiger partial charge in [0.2, 0.25) is 11.8 Å². The van der Waals surface area contributed by atoms with E-state index in [1.165, 1.54) is 23.1 Å². The van der Waals surface area contributed by atoms with Crippen molar-refractivity contribution in [2.75, 3.05) is 11.1 Å². The van der Waals surface area contributed by atoms with Gasteiger partial charge in [0.25, 0.3) is 0 Å². The third-order valence-electron chi connectivity index (χ3n) is 4.50. The molecule has 3 heterocycles. The topological polar surface area (TPSA) is 99.2 Å². The van der Waals surface area contributed by atoms with Gasteiger partial charge in [-0.05, 0) is 30.5 Å². The lowest BCUT2D eigenvalue weighted by molar-refractivity contribution is -0.113. The lowest BCUT2D eigenvalue weighted by atomic mass is 10.2. The number of nitrogens with one attached hydrogen (secondary N) is 1. The Morgan fingerprint density at radius 1 is 1.25 bits per heavy atom. The van der Waals surface area contributed by atoms with Crippen LogP contribution in [0.5, 0.6) is 0 Å². The number of rotatable bonds is 8. The van der Waals surface area contributed by atoms with Crippen LogP contribution in [0.2, 0.25) is 0 Å². The number of benzene rings is 1. The van der Waals surface area contributed by atoms with Gasteiger partial charge >= 0.3 is 5.97 Å². The summed E-state index contributed by atoms with van der Waals surface area (Å²) in [4.78, 5) is 34.6. The number of carbonyl (C=O) groups is 2. The minimum absolute atomic E-state index is 0.0309. The smallest absolute Gasteiger partial charge is 0.340 e. The number of carbonyl (C=O) groups excluding carboxylic acids is 2. The van der Waals surface area contributed by atoms with Crippen molar-refractivity contribution in [3.8, 4) is 10.8 Å². The van der Waals surface area contributed by atoms with Crippen LogP contribution in [0.1, 0.15) is 21.8 Å². The van der Waals surface area contributed by atoms with Crippen LogP contribution in [-0.2, 0) is 23.2 Å². The van der Waals surface area contributed by atoms with Crippen molar-refractivity contribution >= 4 is 40.7 Å². The fourth-order valence-corrected chi connectivity index (χ4v) is 4.24. The van der Waals surface area contributed by atoms with E-state index in [2.05, 4.69) is 15.3 Å². The van der Waals surface area contributed by atoms with Crippen molar-refractivity contribution in [3.05, 3.63) is 71.2 Å². The molecule has 0 aliphatic rings. The molecule has 0 saturated heterocycles. The zero-order valence-electron chi connectivity index (χ0n) is 17.4. The van der Waals surface area contributed by atoms with Crippen molar-refractivity contribution in [1.82, 2.24) is 14.5 Å². The number of hydrogen-bond acceptors (Lipinski definition) is 8. The summed E-state index contributed by atoms with van der Waals surface area (Å²) in [5.41, 5.74) is 1.20. The molecular formula is C22H20N4O4S2. The van der Waals surface area contributed by atoms with Crippen LogP contribution in [-0.4, -0.2) is 32.2 Å². The van der Waals surface area contributed by atoms with Gasteiger partial charge in [0.05, 0.1) is 21.9 Å². The number of thiophene rings is 1. The molecule has 0 fully saturated rings. The molecule has 0 aliphatic heterocycles. The summed E-state index contributed by atoms with van der Waals surface area (Å²) in [6.07, 6.45) is 3.48. The Balaban J connectivity index is 1.38. The van der Waals surface area contributed by atoms with Crippen molar-refractivity contribution in [2.45, 2.75) is 18.7 Å². The van der Waals surface area contributed by atoms with E-state index >= 15 is 0 Å². The minimum Gasteiger partial charge on any atom is -0.455 e. The first-order valence-corrected chi connectivity index (χ1v) is 11.5. The van der Waals surface area contributed by atoms with Crippen LogP contribution in [0.15, 0.2) is 63.7 Å². The number of ether oxygens (including phenoxy) is 1. The van der Waals surface area contributed by atoms with Crippen molar-refractivity contribution < 1.29 is 18.7 Å². The molecule has 164 valence electrons. The largest absolute Gasteiger partial charge is 0.455 e. The predicted octanol–water partition coefficient (Wildman–Crippen LogP) is 4.53. The van der Waals surface area contributed by atoms with E-state index in [4.69, 9.17) is 9.15 Å². The Morgan fingerprint density at radius 2 is 2.09 bits per heavy atom. The Morgan fingerprint density at radius 3 is 2.84 bits per heavy atom. The molecule has 0 bridgehead atoms. The molecule has 4 aromatic rings. The average Bonchev–Trinajstić information content (AvgIpc) is 3.53. The summed E-state index contributed by atoms with van der Waals surface area (Å²) < 4.78 is 13.0. The van der Waals surface area contributed by atoms with Crippen LogP contribution in [0, 0.1) is 6.92 Å². The summed E-state index contributed by atoms with van der Waals surface area (Å²) >= 11 is 2.83. The average molecular weight is 469 g/mol. The third kappa shape index (κ3) is 5.09. The van der Waals surface area contributed by atoms with Gasteiger partial charge in [-0.25, -0.2) is 14.8 Å². The van der Waals surface area contributed by atoms with Crippen LogP contribution in [0.3, 0.4) is 0 Å². The summed E-state index contributed by atoms with van der Waals surface area (Å²) in [5.74, 6) is 0.456. The number of oxazole rings is 1. The van der Waals surface area contributed by atoms with E-state index in [1.807, 2.05) is 35.3 Å². The number of esters is 1. The number of nitrogens with zero attached hydrogens (tertiary/aromatic N) is 3. The summed E-state index contributed by atoms with van der Waals surface area (Å²) in [5, 5.41) is 5.45. The molecule has 0 saturated carbocycles. The molecule has 1 amide bonds. The van der Waals surface area contributed by atoms with Crippen molar-refractivity contribution in [3.63, 3.8) is 0 Å². The molecule has 4 rings (SSSR count). The van der Waals surface area contributed by atoms with Gasteiger partial charge in [-0.3, -0.25) is 4.79 Å². The molecule has 0 radical (unpaired) electrons. The molecule has 0 aliphatic carbocycles. The molecule has 1 N–H and O–H groups in total. The second-order valence-corrected chi connectivity index (χ2v) is 8.67. The number of aryl methyl sites for hydroxylation is 2. The van der Waals surface area contributed by atoms with Crippen molar-refractivity contribution in [1.29, 1.82) is 0 Å². The van der Waals surface area contributed by atoms with Gasteiger partial charge in [-0.1, -0.05) is 30.0 Å². The van der Waals surface area contributed by atoms with Crippen LogP contribution < -0.4 is 5.32 Å². The highest BCUT2D eigenvalue weighted by Gasteiger charge is 2.18. The van der Waals surface area contributed by atoms with E-state index in [0.29, 0.717) is 23.0 Å². The second-order valence-electron chi connectivity index (χ2n) is 6.78. The van der Waals surface area contributed by atoms with Gasteiger partial charge in [-0.15, -0.1) is 11.3 Å². The molecule has 3 aromatic heterocycles. The number of anilines is 1. The van der Waals surface area contributed by atoms with E-state index in [-0.39, 0.29) is 23.8 Å². The van der Waals surface area contributed by atoms with Crippen LogP contribution in [0.4, 0.5) is 5.69 Å². The summed E-state index contributed by atoms with van der Waals surface area (Å²) in [6.45, 7) is 1.75.